The van der Waals surface area contributed by atoms with E-state index in [0.29, 0.717) is 12.0 Å². The minimum atomic E-state index is 0.288. The van der Waals surface area contributed by atoms with Crippen molar-refractivity contribution < 1.29 is 4.74 Å². The number of ether oxygens (including phenoxy) is 1. The third-order valence-electron chi connectivity index (χ3n) is 5.25. The van der Waals surface area contributed by atoms with Gasteiger partial charge in [0.1, 0.15) is 11.9 Å². The van der Waals surface area contributed by atoms with Crippen molar-refractivity contribution in [3.05, 3.63) is 42.2 Å². The van der Waals surface area contributed by atoms with Crippen molar-refractivity contribution in [3.63, 3.8) is 0 Å². The summed E-state index contributed by atoms with van der Waals surface area (Å²) in [7, 11) is 0. The lowest BCUT2D eigenvalue weighted by Crippen LogP contribution is -2.42. The molecule has 130 valence electrons. The fourth-order valence-corrected chi connectivity index (χ4v) is 3.93. The number of nitriles is 1. The van der Waals surface area contributed by atoms with E-state index in [1.165, 1.54) is 5.56 Å². The molecule has 2 aromatic rings. The molecular weight excluding hydrogens is 314 g/mol. The Bertz CT molecular complexity index is 757. The second-order valence-electron chi connectivity index (χ2n) is 6.81. The maximum atomic E-state index is 8.82. The zero-order valence-electron chi connectivity index (χ0n) is 14.3. The van der Waals surface area contributed by atoms with Crippen LogP contribution in [-0.4, -0.2) is 40.2 Å². The van der Waals surface area contributed by atoms with Crippen molar-refractivity contribution in [1.82, 2.24) is 14.5 Å². The van der Waals surface area contributed by atoms with E-state index < -0.39 is 0 Å². The maximum absolute atomic E-state index is 8.82. The van der Waals surface area contributed by atoms with Crippen LogP contribution in [0.2, 0.25) is 0 Å². The van der Waals surface area contributed by atoms with Gasteiger partial charge in [0, 0.05) is 38.1 Å². The number of hydrogen-bond acceptors (Lipinski definition) is 5. The van der Waals surface area contributed by atoms with Gasteiger partial charge < -0.3 is 9.30 Å². The summed E-state index contributed by atoms with van der Waals surface area (Å²) in [6, 6.07) is 8.78. The van der Waals surface area contributed by atoms with Gasteiger partial charge in [-0.05, 0) is 37.3 Å². The van der Waals surface area contributed by atoms with Crippen LogP contribution < -0.4 is 10.1 Å². The number of rotatable bonds is 4. The molecule has 3 heterocycles. The van der Waals surface area contributed by atoms with Gasteiger partial charge in [-0.25, -0.2) is 4.98 Å². The van der Waals surface area contributed by atoms with Crippen molar-refractivity contribution in [2.75, 3.05) is 25.0 Å². The van der Waals surface area contributed by atoms with Gasteiger partial charge in [0.05, 0.1) is 0 Å². The predicted octanol–water partition coefficient (Wildman–Crippen LogP) is 2.81. The average Bonchev–Trinajstić information content (AvgIpc) is 3.11. The van der Waals surface area contributed by atoms with E-state index in [-0.39, 0.29) is 6.10 Å². The molecule has 2 aliphatic rings. The quantitative estimate of drug-likeness (QED) is 0.686. The standard InChI is InChI=1S/C19H23N5O/c20-14-22-19-21-9-12-24(19)16-7-10-23(11-8-16)13-17-6-5-15-3-1-2-4-18(15)25-17/h1-4,9,12,16-17H,5-8,10-11,13H2,(H,21,22). The van der Waals surface area contributed by atoms with Gasteiger partial charge in [-0.15, -0.1) is 0 Å². The molecule has 0 saturated carbocycles. The second-order valence-corrected chi connectivity index (χ2v) is 6.81. The van der Waals surface area contributed by atoms with Crippen molar-refractivity contribution in [2.45, 2.75) is 37.8 Å². The lowest BCUT2D eigenvalue weighted by atomic mass is 10.0. The number of fused-ring (bicyclic) bond motifs is 1. The normalized spacial score (nSPS) is 21.2. The van der Waals surface area contributed by atoms with E-state index in [1.54, 1.807) is 6.20 Å². The molecular formula is C19H23N5O. The van der Waals surface area contributed by atoms with Crippen LogP contribution in [0.1, 0.15) is 30.9 Å². The molecule has 2 aliphatic heterocycles. The first-order valence-electron chi connectivity index (χ1n) is 8.98. The number of nitrogens with zero attached hydrogens (tertiary/aromatic N) is 4. The Kier molecular flexibility index (Phi) is 4.57. The fraction of sp³-hybridized carbons (Fsp3) is 0.474. The van der Waals surface area contributed by atoms with Crippen LogP contribution in [0, 0.1) is 11.5 Å². The molecule has 0 aliphatic carbocycles. The van der Waals surface area contributed by atoms with Gasteiger partial charge in [-0.1, -0.05) is 18.2 Å². The number of para-hydroxylation sites is 1. The molecule has 6 heteroatoms. The Balaban J connectivity index is 1.31. The van der Waals surface area contributed by atoms with E-state index in [0.717, 1.165) is 51.1 Å². The molecule has 1 aromatic carbocycles. The first kappa shape index (κ1) is 16.0. The number of hydrogen-bond donors (Lipinski definition) is 1. The molecule has 1 N–H and O–H groups in total. The largest absolute Gasteiger partial charge is 0.489 e. The first-order chi connectivity index (χ1) is 12.3. The van der Waals surface area contributed by atoms with E-state index in [1.807, 2.05) is 18.5 Å². The molecule has 1 aromatic heterocycles. The second kappa shape index (κ2) is 7.16. The monoisotopic (exact) mass is 337 g/mol. The first-order valence-corrected chi connectivity index (χ1v) is 8.98. The Hall–Kier alpha value is -2.52. The van der Waals surface area contributed by atoms with E-state index in [9.17, 15) is 0 Å². The lowest BCUT2D eigenvalue weighted by Gasteiger charge is -2.36. The molecule has 0 radical (unpaired) electrons. The lowest BCUT2D eigenvalue weighted by molar-refractivity contribution is 0.0927. The Labute approximate surface area is 148 Å². The molecule has 25 heavy (non-hydrogen) atoms. The number of aromatic nitrogens is 2. The molecule has 6 nitrogen and oxygen atoms in total. The van der Waals surface area contributed by atoms with Crippen LogP contribution in [0.5, 0.6) is 5.75 Å². The summed E-state index contributed by atoms with van der Waals surface area (Å²) in [5, 5.41) is 11.5. The van der Waals surface area contributed by atoms with E-state index in [2.05, 4.69) is 38.0 Å². The van der Waals surface area contributed by atoms with Crippen molar-refractivity contribution in [2.24, 2.45) is 0 Å². The van der Waals surface area contributed by atoms with Gasteiger partial charge in [0.2, 0.25) is 5.95 Å². The third-order valence-corrected chi connectivity index (χ3v) is 5.25. The molecule has 1 unspecified atom stereocenters. The Morgan fingerprint density at radius 2 is 2.08 bits per heavy atom. The zero-order valence-corrected chi connectivity index (χ0v) is 14.3. The molecule has 0 amide bonds. The van der Waals surface area contributed by atoms with Crippen molar-refractivity contribution in [1.29, 1.82) is 5.26 Å². The van der Waals surface area contributed by atoms with Crippen LogP contribution in [-0.2, 0) is 6.42 Å². The summed E-state index contributed by atoms with van der Waals surface area (Å²) in [5.41, 5.74) is 1.33. The number of nitrogens with one attached hydrogen (secondary N) is 1. The third kappa shape index (κ3) is 3.47. The van der Waals surface area contributed by atoms with Crippen LogP contribution in [0.15, 0.2) is 36.7 Å². The van der Waals surface area contributed by atoms with E-state index in [4.69, 9.17) is 10.00 Å². The number of piperidine rings is 1. The van der Waals surface area contributed by atoms with E-state index >= 15 is 0 Å². The van der Waals surface area contributed by atoms with Crippen molar-refractivity contribution in [3.8, 4) is 11.9 Å². The number of aryl methyl sites for hydroxylation is 1. The van der Waals surface area contributed by atoms with Crippen molar-refractivity contribution >= 4 is 5.95 Å². The molecule has 0 bridgehead atoms. The maximum Gasteiger partial charge on any atom is 0.216 e. The summed E-state index contributed by atoms with van der Waals surface area (Å²) in [4.78, 5) is 6.71. The van der Waals surface area contributed by atoms with Crippen LogP contribution in [0.25, 0.3) is 0 Å². The summed E-state index contributed by atoms with van der Waals surface area (Å²) < 4.78 is 8.27. The Morgan fingerprint density at radius 1 is 1.24 bits per heavy atom. The minimum absolute atomic E-state index is 0.288. The predicted molar refractivity (Wildman–Crippen MR) is 95.4 cm³/mol. The molecule has 1 saturated heterocycles. The van der Waals surface area contributed by atoms with Gasteiger partial charge in [0.25, 0.3) is 0 Å². The summed E-state index contributed by atoms with van der Waals surface area (Å²) in [6.45, 7) is 3.10. The highest BCUT2D eigenvalue weighted by Crippen LogP contribution is 2.29. The molecule has 1 fully saturated rings. The van der Waals surface area contributed by atoms with Crippen LogP contribution >= 0.6 is 0 Å². The zero-order chi connectivity index (χ0) is 17.1. The summed E-state index contributed by atoms with van der Waals surface area (Å²) in [5.74, 6) is 1.70. The molecule has 4 rings (SSSR count). The fourth-order valence-electron chi connectivity index (χ4n) is 3.93. The van der Waals surface area contributed by atoms with Gasteiger partial charge in [-0.2, -0.15) is 5.26 Å². The van der Waals surface area contributed by atoms with Gasteiger partial charge >= 0.3 is 0 Å². The number of imidazole rings is 1. The highest BCUT2D eigenvalue weighted by Gasteiger charge is 2.26. The van der Waals surface area contributed by atoms with Crippen LogP contribution in [0.3, 0.4) is 0 Å². The SMILES string of the molecule is N#CNc1nccn1C1CCN(CC2CCc3ccccc3O2)CC1. The Morgan fingerprint density at radius 3 is 2.92 bits per heavy atom. The topological polar surface area (TPSA) is 66.1 Å². The van der Waals surface area contributed by atoms with Gasteiger partial charge in [0.15, 0.2) is 6.19 Å². The highest BCUT2D eigenvalue weighted by atomic mass is 16.5. The molecule has 0 spiro atoms. The molecule has 1 atom stereocenters. The highest BCUT2D eigenvalue weighted by molar-refractivity contribution is 5.35. The average molecular weight is 337 g/mol. The number of likely N-dealkylation sites (tertiary alicyclic amines) is 1. The van der Waals surface area contributed by atoms with Crippen LogP contribution in [0.4, 0.5) is 5.95 Å². The number of anilines is 1. The minimum Gasteiger partial charge on any atom is -0.489 e. The van der Waals surface area contributed by atoms with Gasteiger partial charge in [-0.3, -0.25) is 10.2 Å². The summed E-state index contributed by atoms with van der Waals surface area (Å²) in [6.07, 6.45) is 10.3. The smallest absolute Gasteiger partial charge is 0.216 e. The number of benzene rings is 1. The summed E-state index contributed by atoms with van der Waals surface area (Å²) >= 11 is 0.